The van der Waals surface area contributed by atoms with Crippen molar-refractivity contribution in [3.8, 4) is 0 Å². The molecule has 0 aliphatic heterocycles. The average molecular weight is 245 g/mol. The van der Waals surface area contributed by atoms with E-state index < -0.39 is 0 Å². The smallest absolute Gasteiger partial charge is 0.410 e. The van der Waals surface area contributed by atoms with Gasteiger partial charge in [0.25, 0.3) is 0 Å². The lowest BCUT2D eigenvalue weighted by Crippen LogP contribution is -2.38. The van der Waals surface area contributed by atoms with Gasteiger partial charge in [0.05, 0.1) is 7.11 Å². The van der Waals surface area contributed by atoms with Crippen LogP contribution in [0.4, 0.5) is 4.79 Å². The third-order valence-corrected chi connectivity index (χ3v) is 3.24. The Morgan fingerprint density at radius 3 is 2.72 bits per heavy atom. The second kappa shape index (κ2) is 5.25. The van der Waals surface area contributed by atoms with E-state index in [2.05, 4.69) is 24.3 Å². The number of carbonyl (C=O) groups is 1. The highest BCUT2D eigenvalue weighted by Crippen LogP contribution is 2.25. The predicted molar refractivity (Wildman–Crippen MR) is 72.4 cm³/mol. The van der Waals surface area contributed by atoms with Crippen LogP contribution in [0.25, 0.3) is 6.08 Å². The largest absolute Gasteiger partial charge is 0.453 e. The number of benzene rings is 1. The van der Waals surface area contributed by atoms with Crippen LogP contribution in [-0.2, 0) is 11.2 Å². The zero-order valence-electron chi connectivity index (χ0n) is 11.1. The first-order valence-electron chi connectivity index (χ1n) is 6.23. The molecule has 0 heterocycles. The minimum atomic E-state index is -0.262. The average Bonchev–Trinajstić information content (AvgIpc) is 2.77. The molecule has 0 saturated carbocycles. The number of rotatable bonds is 3. The summed E-state index contributed by atoms with van der Waals surface area (Å²) in [6, 6.07) is 8.48. The van der Waals surface area contributed by atoms with Gasteiger partial charge in [-0.2, -0.15) is 0 Å². The van der Waals surface area contributed by atoms with Gasteiger partial charge in [0.1, 0.15) is 0 Å². The summed E-state index contributed by atoms with van der Waals surface area (Å²) in [5, 5.41) is 0. The Bertz CT molecular complexity index is 477. The van der Waals surface area contributed by atoms with Crippen LogP contribution in [0.2, 0.25) is 0 Å². The van der Waals surface area contributed by atoms with Gasteiger partial charge in [-0.05, 0) is 37.0 Å². The van der Waals surface area contributed by atoms with Crippen LogP contribution in [0.1, 0.15) is 25.0 Å². The molecule has 0 spiro atoms. The zero-order chi connectivity index (χ0) is 13.1. The Hall–Kier alpha value is -1.77. The fraction of sp³-hybridized carbons (Fsp3) is 0.400. The quantitative estimate of drug-likeness (QED) is 0.819. The molecule has 96 valence electrons. The highest BCUT2D eigenvalue weighted by Gasteiger charge is 2.21. The molecule has 1 aromatic rings. The van der Waals surface area contributed by atoms with Gasteiger partial charge in [0.15, 0.2) is 0 Å². The van der Waals surface area contributed by atoms with Crippen LogP contribution in [0.5, 0.6) is 0 Å². The molecular formula is C15H19NO2. The summed E-state index contributed by atoms with van der Waals surface area (Å²) in [6.07, 6.45) is 2.84. The first-order chi connectivity index (χ1) is 8.61. The zero-order valence-corrected chi connectivity index (χ0v) is 11.1. The van der Waals surface area contributed by atoms with Gasteiger partial charge in [-0.1, -0.05) is 30.3 Å². The second-order valence-electron chi connectivity index (χ2n) is 4.87. The second-order valence-corrected chi connectivity index (χ2v) is 4.87. The number of hydrogen-bond acceptors (Lipinski definition) is 2. The number of hydrogen-bond donors (Lipinski definition) is 0. The topological polar surface area (TPSA) is 29.5 Å². The van der Waals surface area contributed by atoms with E-state index in [0.29, 0.717) is 6.54 Å². The molecule has 1 aliphatic rings. The number of carbonyl (C=O) groups excluding carboxylic acids is 1. The van der Waals surface area contributed by atoms with E-state index in [1.54, 1.807) is 4.90 Å². The van der Waals surface area contributed by atoms with E-state index in [4.69, 9.17) is 4.74 Å². The summed E-state index contributed by atoms with van der Waals surface area (Å²) in [5.74, 6) is 0. The molecule has 1 aliphatic carbocycles. The van der Waals surface area contributed by atoms with E-state index in [-0.39, 0.29) is 12.1 Å². The van der Waals surface area contributed by atoms with E-state index in [1.165, 1.54) is 23.8 Å². The fourth-order valence-electron chi connectivity index (χ4n) is 2.25. The van der Waals surface area contributed by atoms with Gasteiger partial charge in [0.2, 0.25) is 0 Å². The predicted octanol–water partition coefficient (Wildman–Crippen LogP) is 3.10. The van der Waals surface area contributed by atoms with Gasteiger partial charge >= 0.3 is 6.09 Å². The lowest BCUT2D eigenvalue weighted by molar-refractivity contribution is 0.116. The van der Waals surface area contributed by atoms with Crippen LogP contribution in [0, 0.1) is 0 Å². The number of nitrogens with zero attached hydrogens (tertiary/aromatic N) is 1. The third kappa shape index (κ3) is 2.55. The highest BCUT2D eigenvalue weighted by molar-refractivity contribution is 5.70. The van der Waals surface area contributed by atoms with Crippen molar-refractivity contribution in [2.75, 3.05) is 13.7 Å². The Morgan fingerprint density at radius 1 is 1.39 bits per heavy atom. The van der Waals surface area contributed by atoms with E-state index in [1.807, 2.05) is 19.9 Å². The standard InChI is InChI=1S/C15H19NO2/c1-11(2)16(15(17)18-3)10-12-8-13-6-4-5-7-14(13)9-12/h4-8,11H,9-10H2,1-3H3. The Kier molecular flexibility index (Phi) is 3.70. The van der Waals surface area contributed by atoms with Crippen LogP contribution >= 0.6 is 0 Å². The summed E-state index contributed by atoms with van der Waals surface area (Å²) in [6.45, 7) is 4.64. The van der Waals surface area contributed by atoms with E-state index in [9.17, 15) is 4.79 Å². The van der Waals surface area contributed by atoms with Crippen molar-refractivity contribution in [3.63, 3.8) is 0 Å². The maximum absolute atomic E-state index is 11.7. The molecule has 0 atom stereocenters. The Balaban J connectivity index is 2.09. The van der Waals surface area contributed by atoms with E-state index >= 15 is 0 Å². The van der Waals surface area contributed by atoms with Crippen LogP contribution in [0.15, 0.2) is 29.8 Å². The molecule has 3 nitrogen and oxygen atoms in total. The van der Waals surface area contributed by atoms with Crippen molar-refractivity contribution < 1.29 is 9.53 Å². The maximum Gasteiger partial charge on any atom is 0.410 e. The number of fused-ring (bicyclic) bond motifs is 1. The summed E-state index contributed by atoms with van der Waals surface area (Å²) in [7, 11) is 1.43. The van der Waals surface area contributed by atoms with Crippen molar-refractivity contribution >= 4 is 12.2 Å². The summed E-state index contributed by atoms with van der Waals surface area (Å²) < 4.78 is 4.82. The normalized spacial score (nSPS) is 13.2. The van der Waals surface area contributed by atoms with Gasteiger partial charge in [0, 0.05) is 12.6 Å². The molecule has 18 heavy (non-hydrogen) atoms. The molecule has 1 aromatic carbocycles. The molecule has 0 fully saturated rings. The van der Waals surface area contributed by atoms with Gasteiger partial charge in [-0.3, -0.25) is 0 Å². The molecule has 0 N–H and O–H groups in total. The SMILES string of the molecule is COC(=O)N(CC1=Cc2ccccc2C1)C(C)C. The maximum atomic E-state index is 11.7. The summed E-state index contributed by atoms with van der Waals surface area (Å²) in [4.78, 5) is 13.4. The fourth-order valence-corrected chi connectivity index (χ4v) is 2.25. The van der Waals surface area contributed by atoms with Crippen molar-refractivity contribution in [1.29, 1.82) is 0 Å². The lowest BCUT2D eigenvalue weighted by Gasteiger charge is -2.25. The van der Waals surface area contributed by atoms with Crippen molar-refractivity contribution in [2.24, 2.45) is 0 Å². The van der Waals surface area contributed by atoms with Crippen molar-refractivity contribution in [1.82, 2.24) is 4.90 Å². The lowest BCUT2D eigenvalue weighted by atomic mass is 10.1. The third-order valence-electron chi connectivity index (χ3n) is 3.24. The summed E-state index contributed by atoms with van der Waals surface area (Å²) in [5.41, 5.74) is 3.86. The first-order valence-corrected chi connectivity index (χ1v) is 6.23. The van der Waals surface area contributed by atoms with Crippen LogP contribution < -0.4 is 0 Å². The molecule has 3 heteroatoms. The molecule has 0 aromatic heterocycles. The molecule has 0 radical (unpaired) electrons. The molecule has 0 saturated heterocycles. The van der Waals surface area contributed by atoms with Crippen LogP contribution in [0.3, 0.4) is 0 Å². The monoisotopic (exact) mass is 245 g/mol. The molecular weight excluding hydrogens is 226 g/mol. The van der Waals surface area contributed by atoms with Crippen molar-refractivity contribution in [2.45, 2.75) is 26.3 Å². The Labute approximate surface area is 108 Å². The highest BCUT2D eigenvalue weighted by atomic mass is 16.5. The Morgan fingerprint density at radius 2 is 2.11 bits per heavy atom. The van der Waals surface area contributed by atoms with Gasteiger partial charge < -0.3 is 9.64 Å². The molecule has 1 amide bonds. The van der Waals surface area contributed by atoms with Gasteiger partial charge in [-0.25, -0.2) is 4.79 Å². The molecule has 2 rings (SSSR count). The van der Waals surface area contributed by atoms with E-state index in [0.717, 1.165) is 6.42 Å². The minimum absolute atomic E-state index is 0.141. The first kappa shape index (κ1) is 12.7. The number of amides is 1. The van der Waals surface area contributed by atoms with Crippen molar-refractivity contribution in [3.05, 3.63) is 41.0 Å². The summed E-state index contributed by atoms with van der Waals surface area (Å²) >= 11 is 0. The van der Waals surface area contributed by atoms with Gasteiger partial charge in [-0.15, -0.1) is 0 Å². The van der Waals surface area contributed by atoms with Crippen LogP contribution in [-0.4, -0.2) is 30.7 Å². The molecule has 0 unspecified atom stereocenters. The number of ether oxygens (including phenoxy) is 1. The number of methoxy groups -OCH3 is 1. The molecule has 0 bridgehead atoms. The minimum Gasteiger partial charge on any atom is -0.453 e.